The molecule has 2 aromatic carbocycles. The summed E-state index contributed by atoms with van der Waals surface area (Å²) in [5.41, 5.74) is 4.10. The predicted octanol–water partition coefficient (Wildman–Crippen LogP) is 6.12. The Morgan fingerprint density at radius 2 is 1.75 bits per heavy atom. The summed E-state index contributed by atoms with van der Waals surface area (Å²) in [6.07, 6.45) is 12.5. The third-order valence-electron chi connectivity index (χ3n) is 7.72. The van der Waals surface area contributed by atoms with E-state index in [1.807, 2.05) is 43.3 Å². The lowest BCUT2D eigenvalue weighted by Gasteiger charge is -2.28. The molecule has 0 aromatic heterocycles. The highest BCUT2D eigenvalue weighted by Gasteiger charge is 2.25. The van der Waals surface area contributed by atoms with Crippen LogP contribution in [-0.4, -0.2) is 55.7 Å². The van der Waals surface area contributed by atoms with Crippen molar-refractivity contribution in [1.29, 1.82) is 0 Å². The van der Waals surface area contributed by atoms with Crippen molar-refractivity contribution in [3.8, 4) is 11.1 Å². The molecule has 0 radical (unpaired) electrons. The minimum Gasteiger partial charge on any atom is -0.480 e. The van der Waals surface area contributed by atoms with Crippen molar-refractivity contribution in [2.45, 2.75) is 103 Å². The van der Waals surface area contributed by atoms with Crippen LogP contribution in [0.15, 0.2) is 42.5 Å². The Balaban J connectivity index is 1.83. The minimum absolute atomic E-state index is 0.197. The number of hydrogen-bond donors (Lipinski definition) is 2. The number of carboxylic acid groups (broad SMARTS) is 1. The number of nitrogens with one attached hydrogen (secondary N) is 1. The van der Waals surface area contributed by atoms with Crippen molar-refractivity contribution < 1.29 is 27.9 Å². The van der Waals surface area contributed by atoms with Gasteiger partial charge in [0, 0.05) is 11.8 Å². The molecule has 1 amide bonds. The summed E-state index contributed by atoms with van der Waals surface area (Å²) in [6.45, 7) is 4.18. The highest BCUT2D eigenvalue weighted by atomic mass is 32.2. The molecule has 2 atom stereocenters. The van der Waals surface area contributed by atoms with E-state index in [-0.39, 0.29) is 18.3 Å². The van der Waals surface area contributed by atoms with Crippen LogP contribution in [0.4, 0.5) is 0 Å². The van der Waals surface area contributed by atoms with E-state index < -0.39 is 27.8 Å². The first-order valence-electron chi connectivity index (χ1n) is 14.6. The maximum atomic E-state index is 13.4. The maximum Gasteiger partial charge on any atom is 0.326 e. The van der Waals surface area contributed by atoms with Crippen LogP contribution in [0.25, 0.3) is 11.1 Å². The topological polar surface area (TPSA) is 110 Å². The number of unbranched alkanes of at least 4 members (excludes halogenated alkanes) is 1. The molecule has 220 valence electrons. The number of aryl methyl sites for hydroxylation is 2. The lowest BCUT2D eigenvalue weighted by atomic mass is 9.92. The van der Waals surface area contributed by atoms with Crippen LogP contribution in [-0.2, 0) is 25.8 Å². The van der Waals surface area contributed by atoms with E-state index in [0.717, 1.165) is 73.5 Å². The molecule has 0 aliphatic heterocycles. The minimum atomic E-state index is -3.37. The number of benzene rings is 2. The van der Waals surface area contributed by atoms with E-state index in [0.29, 0.717) is 11.7 Å². The van der Waals surface area contributed by atoms with Crippen molar-refractivity contribution in [3.63, 3.8) is 0 Å². The van der Waals surface area contributed by atoms with E-state index in [1.165, 1.54) is 19.3 Å². The number of hydrogen-bond acceptors (Lipinski definition) is 5. The van der Waals surface area contributed by atoms with Gasteiger partial charge in [-0.3, -0.25) is 4.79 Å². The fourth-order valence-electron chi connectivity index (χ4n) is 5.38. The molecule has 0 bridgehead atoms. The van der Waals surface area contributed by atoms with Gasteiger partial charge in [0.2, 0.25) is 0 Å². The second kappa shape index (κ2) is 15.3. The molecule has 7 nitrogen and oxygen atoms in total. The molecule has 2 aromatic rings. The van der Waals surface area contributed by atoms with Gasteiger partial charge in [-0.15, -0.1) is 0 Å². The average molecular weight is 572 g/mol. The number of aliphatic carboxylic acids is 1. The third kappa shape index (κ3) is 10.0. The van der Waals surface area contributed by atoms with Crippen molar-refractivity contribution in [1.82, 2.24) is 5.32 Å². The summed E-state index contributed by atoms with van der Waals surface area (Å²) in [6, 6.07) is 12.2. The van der Waals surface area contributed by atoms with Crippen LogP contribution >= 0.6 is 0 Å². The van der Waals surface area contributed by atoms with Crippen LogP contribution in [0.3, 0.4) is 0 Å². The molecule has 3 rings (SSSR count). The Morgan fingerprint density at radius 1 is 1.02 bits per heavy atom. The van der Waals surface area contributed by atoms with Gasteiger partial charge >= 0.3 is 5.97 Å². The third-order valence-corrected chi connectivity index (χ3v) is 8.69. The van der Waals surface area contributed by atoms with Crippen LogP contribution < -0.4 is 5.32 Å². The van der Waals surface area contributed by atoms with Crippen molar-refractivity contribution in [3.05, 3.63) is 59.2 Å². The Bertz CT molecular complexity index is 1240. The van der Waals surface area contributed by atoms with E-state index >= 15 is 0 Å². The van der Waals surface area contributed by atoms with Gasteiger partial charge < -0.3 is 15.2 Å². The highest BCUT2D eigenvalue weighted by Crippen LogP contribution is 2.30. The summed E-state index contributed by atoms with van der Waals surface area (Å²) in [5, 5.41) is 12.2. The second-order valence-electron chi connectivity index (χ2n) is 11.2. The number of amides is 1. The molecule has 1 fully saturated rings. The van der Waals surface area contributed by atoms with Crippen LogP contribution in [0.1, 0.15) is 92.6 Å². The molecule has 1 saturated carbocycles. The lowest BCUT2D eigenvalue weighted by Crippen LogP contribution is -2.42. The van der Waals surface area contributed by atoms with E-state index in [4.69, 9.17) is 4.74 Å². The van der Waals surface area contributed by atoms with Gasteiger partial charge in [0.1, 0.15) is 15.9 Å². The summed E-state index contributed by atoms with van der Waals surface area (Å²) >= 11 is 0. The molecule has 1 aliphatic rings. The number of carbonyl (C=O) groups excluding carboxylic acids is 1. The van der Waals surface area contributed by atoms with E-state index in [9.17, 15) is 23.1 Å². The molecule has 1 aliphatic carbocycles. The fraction of sp³-hybridized carbons (Fsp3) is 0.562. The van der Waals surface area contributed by atoms with Gasteiger partial charge in [-0.2, -0.15) is 0 Å². The SMILES string of the molecule is CCCCC(CCc1ccc(C(=O)NC(CCS(C)(=O)=O)C(=O)O)c(-c2ccccc2C)c1)OC1CCCCC1. The number of carbonyl (C=O) groups is 2. The molecular weight excluding hydrogens is 526 g/mol. The Labute approximate surface area is 239 Å². The summed E-state index contributed by atoms with van der Waals surface area (Å²) in [4.78, 5) is 25.2. The fourth-order valence-corrected chi connectivity index (χ4v) is 6.05. The van der Waals surface area contributed by atoms with Crippen molar-refractivity contribution in [2.24, 2.45) is 0 Å². The molecule has 8 heteroatoms. The average Bonchev–Trinajstić information content (AvgIpc) is 2.92. The normalized spacial score (nSPS) is 15.9. The first-order valence-corrected chi connectivity index (χ1v) is 16.7. The van der Waals surface area contributed by atoms with Gasteiger partial charge in [-0.05, 0) is 73.8 Å². The largest absolute Gasteiger partial charge is 0.480 e. The molecule has 0 spiro atoms. The number of ether oxygens (including phenoxy) is 1. The number of rotatable bonds is 15. The molecule has 40 heavy (non-hydrogen) atoms. The molecule has 2 unspecified atom stereocenters. The van der Waals surface area contributed by atoms with Gasteiger partial charge in [0.15, 0.2) is 0 Å². The molecular formula is C32H45NO6S. The standard InChI is InChI=1S/C32H45NO6S/c1-4-5-12-26(39-25-13-7-6-8-14-25)18-16-24-17-19-28(29(22-24)27-15-10-9-11-23(27)2)31(34)33-30(32(35)36)20-21-40(3,37)38/h9-11,15,17,19,22,25-26,30H,4-8,12-14,16,18,20-21H2,1-3H3,(H,33,34)(H,35,36). The molecule has 0 heterocycles. The van der Waals surface area contributed by atoms with E-state index in [1.54, 1.807) is 6.07 Å². The van der Waals surface area contributed by atoms with Gasteiger partial charge in [0.05, 0.1) is 18.0 Å². The molecule has 0 saturated heterocycles. The summed E-state index contributed by atoms with van der Waals surface area (Å²) < 4.78 is 29.7. The monoisotopic (exact) mass is 571 g/mol. The Hall–Kier alpha value is -2.71. The smallest absolute Gasteiger partial charge is 0.326 e. The summed E-state index contributed by atoms with van der Waals surface area (Å²) in [7, 11) is -3.37. The zero-order valence-electron chi connectivity index (χ0n) is 24.2. The zero-order chi connectivity index (χ0) is 29.1. The first-order chi connectivity index (χ1) is 19.1. The van der Waals surface area contributed by atoms with Crippen LogP contribution in [0.2, 0.25) is 0 Å². The highest BCUT2D eigenvalue weighted by molar-refractivity contribution is 7.90. The maximum absolute atomic E-state index is 13.4. The van der Waals surface area contributed by atoms with E-state index in [2.05, 4.69) is 12.2 Å². The van der Waals surface area contributed by atoms with Crippen LogP contribution in [0.5, 0.6) is 0 Å². The lowest BCUT2D eigenvalue weighted by molar-refractivity contribution is -0.139. The Morgan fingerprint density at radius 3 is 2.40 bits per heavy atom. The van der Waals surface area contributed by atoms with Crippen molar-refractivity contribution >= 4 is 21.7 Å². The summed E-state index contributed by atoms with van der Waals surface area (Å²) in [5.74, 6) is -2.12. The quantitative estimate of drug-likeness (QED) is 0.267. The second-order valence-corrected chi connectivity index (χ2v) is 13.4. The van der Waals surface area contributed by atoms with Gasteiger partial charge in [-0.1, -0.05) is 75.4 Å². The van der Waals surface area contributed by atoms with Crippen LogP contribution in [0, 0.1) is 6.92 Å². The first kappa shape index (κ1) is 31.8. The number of carboxylic acids is 1. The Kier molecular flexibility index (Phi) is 12.2. The number of sulfone groups is 1. The van der Waals surface area contributed by atoms with Gasteiger partial charge in [0.25, 0.3) is 5.91 Å². The zero-order valence-corrected chi connectivity index (χ0v) is 25.0. The van der Waals surface area contributed by atoms with Gasteiger partial charge in [-0.25, -0.2) is 13.2 Å². The molecule has 2 N–H and O–H groups in total. The van der Waals surface area contributed by atoms with Crippen molar-refractivity contribution in [2.75, 3.05) is 12.0 Å². The predicted molar refractivity (Wildman–Crippen MR) is 159 cm³/mol.